The largest absolute Gasteiger partial charge is 0.497 e. The SMILES string of the molecule is COc1ccc(C(OC[C@@H](C)CO)(c2ccccc2)c2ccc(OC)cc2)cc1. The van der Waals surface area contributed by atoms with Crippen LogP contribution in [0, 0.1) is 5.92 Å². The Hall–Kier alpha value is -2.82. The summed E-state index contributed by atoms with van der Waals surface area (Å²) in [5.74, 6) is 1.58. The van der Waals surface area contributed by atoms with Crippen molar-refractivity contribution in [2.24, 2.45) is 5.92 Å². The first-order valence-electron chi connectivity index (χ1n) is 9.73. The van der Waals surface area contributed by atoms with Gasteiger partial charge >= 0.3 is 0 Å². The first kappa shape index (κ1) is 20.9. The summed E-state index contributed by atoms with van der Waals surface area (Å²) < 4.78 is 17.3. The summed E-state index contributed by atoms with van der Waals surface area (Å²) in [7, 11) is 3.31. The van der Waals surface area contributed by atoms with Gasteiger partial charge in [-0.3, -0.25) is 0 Å². The van der Waals surface area contributed by atoms with E-state index in [1.54, 1.807) is 14.2 Å². The van der Waals surface area contributed by atoms with Crippen molar-refractivity contribution >= 4 is 0 Å². The molecule has 0 unspecified atom stereocenters. The molecule has 0 radical (unpaired) electrons. The van der Waals surface area contributed by atoms with Crippen LogP contribution in [0.4, 0.5) is 0 Å². The van der Waals surface area contributed by atoms with Crippen molar-refractivity contribution in [1.29, 1.82) is 0 Å². The first-order valence-corrected chi connectivity index (χ1v) is 9.73. The first-order chi connectivity index (χ1) is 14.1. The third-order valence-corrected chi connectivity index (χ3v) is 5.07. The molecule has 4 nitrogen and oxygen atoms in total. The second-order valence-corrected chi connectivity index (χ2v) is 7.10. The molecule has 0 saturated carbocycles. The number of methoxy groups -OCH3 is 2. The summed E-state index contributed by atoms with van der Waals surface area (Å²) in [6.45, 7) is 2.44. The molecule has 0 aromatic heterocycles. The summed E-state index contributed by atoms with van der Waals surface area (Å²) in [5, 5.41) is 9.57. The second kappa shape index (κ2) is 9.59. The van der Waals surface area contributed by atoms with Gasteiger partial charge in [0.15, 0.2) is 0 Å². The van der Waals surface area contributed by atoms with Gasteiger partial charge in [0.25, 0.3) is 0 Å². The van der Waals surface area contributed by atoms with Crippen LogP contribution in [0.3, 0.4) is 0 Å². The van der Waals surface area contributed by atoms with Gasteiger partial charge in [-0.25, -0.2) is 0 Å². The predicted molar refractivity (Wildman–Crippen MR) is 115 cm³/mol. The molecule has 3 aromatic carbocycles. The zero-order valence-corrected chi connectivity index (χ0v) is 17.2. The molecule has 0 saturated heterocycles. The molecule has 3 rings (SSSR count). The van der Waals surface area contributed by atoms with Crippen LogP contribution in [0.15, 0.2) is 78.9 Å². The van der Waals surface area contributed by atoms with Crippen LogP contribution < -0.4 is 9.47 Å². The van der Waals surface area contributed by atoms with E-state index in [0.717, 1.165) is 28.2 Å². The topological polar surface area (TPSA) is 47.9 Å². The molecule has 0 aliphatic rings. The molecule has 152 valence electrons. The van der Waals surface area contributed by atoms with E-state index in [2.05, 4.69) is 12.1 Å². The van der Waals surface area contributed by atoms with Crippen LogP contribution in [0.1, 0.15) is 23.6 Å². The van der Waals surface area contributed by atoms with Gasteiger partial charge in [-0.05, 0) is 41.0 Å². The number of hydrogen-bond acceptors (Lipinski definition) is 4. The fourth-order valence-corrected chi connectivity index (χ4v) is 3.39. The molecule has 0 spiro atoms. The maximum absolute atomic E-state index is 9.57. The minimum absolute atomic E-state index is 0.00887. The smallest absolute Gasteiger partial charge is 0.143 e. The van der Waals surface area contributed by atoms with Gasteiger partial charge in [-0.1, -0.05) is 61.5 Å². The van der Waals surface area contributed by atoms with E-state index in [4.69, 9.17) is 14.2 Å². The number of aliphatic hydroxyl groups is 1. The van der Waals surface area contributed by atoms with Gasteiger partial charge in [0.05, 0.1) is 20.8 Å². The van der Waals surface area contributed by atoms with E-state index < -0.39 is 5.60 Å². The molecule has 0 heterocycles. The molecule has 3 aromatic rings. The van der Waals surface area contributed by atoms with Crippen LogP contribution in [0.25, 0.3) is 0 Å². The molecular formula is C25H28O4. The molecule has 0 fully saturated rings. The van der Waals surface area contributed by atoms with Gasteiger partial charge in [-0.2, -0.15) is 0 Å². The standard InChI is InChI=1S/C25H28O4/c1-19(17-26)18-29-25(20-7-5-4-6-8-20,21-9-13-23(27-2)14-10-21)22-11-15-24(28-3)16-12-22/h4-16,19,26H,17-18H2,1-3H3/t19-/m0/s1. The predicted octanol–water partition coefficient (Wildman–Crippen LogP) is 4.64. The van der Waals surface area contributed by atoms with Crippen molar-refractivity contribution < 1.29 is 19.3 Å². The third-order valence-electron chi connectivity index (χ3n) is 5.07. The molecular weight excluding hydrogens is 364 g/mol. The van der Waals surface area contributed by atoms with E-state index in [0.29, 0.717) is 6.61 Å². The molecule has 0 aliphatic heterocycles. The Morgan fingerprint density at radius 3 is 1.59 bits per heavy atom. The lowest BCUT2D eigenvalue weighted by Gasteiger charge is -2.37. The highest BCUT2D eigenvalue weighted by Crippen LogP contribution is 2.41. The van der Waals surface area contributed by atoms with Crippen molar-refractivity contribution in [1.82, 2.24) is 0 Å². The summed E-state index contributed by atoms with van der Waals surface area (Å²) in [4.78, 5) is 0. The van der Waals surface area contributed by atoms with Crippen LogP contribution in [0.2, 0.25) is 0 Å². The molecule has 0 bridgehead atoms. The number of aliphatic hydroxyl groups excluding tert-OH is 1. The van der Waals surface area contributed by atoms with Crippen molar-refractivity contribution in [3.8, 4) is 11.5 Å². The average Bonchev–Trinajstić information content (AvgIpc) is 2.80. The minimum atomic E-state index is -0.830. The molecule has 0 amide bonds. The average molecular weight is 392 g/mol. The van der Waals surface area contributed by atoms with Crippen LogP contribution in [-0.2, 0) is 10.3 Å². The fraction of sp³-hybridized carbons (Fsp3) is 0.280. The summed E-state index contributed by atoms with van der Waals surface area (Å²) in [5.41, 5.74) is 2.16. The van der Waals surface area contributed by atoms with Crippen molar-refractivity contribution in [3.63, 3.8) is 0 Å². The summed E-state index contributed by atoms with van der Waals surface area (Å²) >= 11 is 0. The van der Waals surface area contributed by atoms with Gasteiger partial charge in [0.1, 0.15) is 17.1 Å². The highest BCUT2D eigenvalue weighted by atomic mass is 16.5. The fourth-order valence-electron chi connectivity index (χ4n) is 3.39. The molecule has 29 heavy (non-hydrogen) atoms. The summed E-state index contributed by atoms with van der Waals surface area (Å²) in [6.07, 6.45) is 0. The summed E-state index contributed by atoms with van der Waals surface area (Å²) in [6, 6.07) is 26.0. The molecule has 4 heteroatoms. The lowest BCUT2D eigenvalue weighted by Crippen LogP contribution is -2.34. The lowest BCUT2D eigenvalue weighted by atomic mass is 9.80. The second-order valence-electron chi connectivity index (χ2n) is 7.10. The number of rotatable bonds is 9. The zero-order valence-electron chi connectivity index (χ0n) is 17.2. The van der Waals surface area contributed by atoms with Crippen molar-refractivity contribution in [2.45, 2.75) is 12.5 Å². The van der Waals surface area contributed by atoms with Gasteiger partial charge in [-0.15, -0.1) is 0 Å². The number of ether oxygens (including phenoxy) is 3. The number of benzene rings is 3. The molecule has 0 aliphatic carbocycles. The van der Waals surface area contributed by atoms with Crippen molar-refractivity contribution in [2.75, 3.05) is 27.4 Å². The van der Waals surface area contributed by atoms with E-state index >= 15 is 0 Å². The third kappa shape index (κ3) is 4.44. The Morgan fingerprint density at radius 2 is 1.17 bits per heavy atom. The van der Waals surface area contributed by atoms with E-state index in [1.807, 2.05) is 73.7 Å². The molecule has 1 N–H and O–H groups in total. The maximum Gasteiger partial charge on any atom is 0.143 e. The van der Waals surface area contributed by atoms with Crippen molar-refractivity contribution in [3.05, 3.63) is 95.6 Å². The Bertz CT molecular complexity index is 825. The van der Waals surface area contributed by atoms with E-state index in [9.17, 15) is 5.11 Å². The highest BCUT2D eigenvalue weighted by Gasteiger charge is 2.38. The van der Waals surface area contributed by atoms with Gasteiger partial charge < -0.3 is 19.3 Å². The zero-order chi connectivity index (χ0) is 20.7. The monoisotopic (exact) mass is 392 g/mol. The Kier molecular flexibility index (Phi) is 6.91. The lowest BCUT2D eigenvalue weighted by molar-refractivity contribution is -0.0146. The van der Waals surface area contributed by atoms with Crippen LogP contribution in [-0.4, -0.2) is 32.5 Å². The van der Waals surface area contributed by atoms with Gasteiger partial charge in [0, 0.05) is 12.5 Å². The van der Waals surface area contributed by atoms with Crippen LogP contribution in [0.5, 0.6) is 11.5 Å². The molecule has 1 atom stereocenters. The van der Waals surface area contributed by atoms with Gasteiger partial charge in [0.2, 0.25) is 0 Å². The normalized spacial score (nSPS) is 12.4. The highest BCUT2D eigenvalue weighted by molar-refractivity contribution is 5.49. The Labute approximate surface area is 172 Å². The Morgan fingerprint density at radius 1 is 0.724 bits per heavy atom. The Balaban J connectivity index is 2.21. The van der Waals surface area contributed by atoms with Crippen LogP contribution >= 0.6 is 0 Å². The quantitative estimate of drug-likeness (QED) is 0.539. The van der Waals surface area contributed by atoms with E-state index in [1.165, 1.54) is 0 Å². The number of hydrogen-bond donors (Lipinski definition) is 1. The minimum Gasteiger partial charge on any atom is -0.497 e. The maximum atomic E-state index is 9.57. The van der Waals surface area contributed by atoms with E-state index in [-0.39, 0.29) is 12.5 Å².